The second-order valence-electron chi connectivity index (χ2n) is 5.95. The number of carbonyl (C=O) groups is 1. The van der Waals surface area contributed by atoms with Gasteiger partial charge in [0.15, 0.2) is 5.79 Å². The SMILES string of the molecule is CC1(C)OC2COC[C@@]2(C)O1.Clc1ncnc2[nH]ccc12.O=CO. The van der Waals surface area contributed by atoms with Crippen molar-refractivity contribution in [2.45, 2.75) is 38.3 Å². The molecule has 0 saturated carbocycles. The standard InChI is InChI=1S/C8H14O3.C6H4ClN3.CH2O2/c1-7(2)10-6-4-9-5-8(6,3)11-7;7-5-4-1-2-8-6(4)10-3-9-5;2-1-3/h6H,4-5H2,1-3H3;1-3H,(H,8,9,10);1H,(H,2,3)/t6?,8-;;/m1../s1. The van der Waals surface area contributed by atoms with Crippen LogP contribution in [0.2, 0.25) is 5.15 Å². The molecule has 9 heteroatoms. The van der Waals surface area contributed by atoms with Crippen molar-refractivity contribution in [2.24, 2.45) is 0 Å². The number of hydrogen-bond donors (Lipinski definition) is 2. The molecule has 24 heavy (non-hydrogen) atoms. The summed E-state index contributed by atoms with van der Waals surface area (Å²) in [5.41, 5.74) is 0.573. The van der Waals surface area contributed by atoms with Crippen LogP contribution >= 0.6 is 11.6 Å². The van der Waals surface area contributed by atoms with E-state index in [1.165, 1.54) is 6.33 Å². The van der Waals surface area contributed by atoms with E-state index in [4.69, 9.17) is 35.7 Å². The number of aromatic nitrogens is 3. The van der Waals surface area contributed by atoms with Crippen LogP contribution in [-0.4, -0.2) is 57.2 Å². The Morgan fingerprint density at radius 2 is 2.12 bits per heavy atom. The summed E-state index contributed by atoms with van der Waals surface area (Å²) in [6, 6.07) is 1.84. The van der Waals surface area contributed by atoms with E-state index in [-0.39, 0.29) is 18.2 Å². The summed E-state index contributed by atoms with van der Waals surface area (Å²) >= 11 is 5.73. The summed E-state index contributed by atoms with van der Waals surface area (Å²) < 4.78 is 16.6. The molecular formula is C15H20ClN3O5. The van der Waals surface area contributed by atoms with Gasteiger partial charge in [-0.25, -0.2) is 9.97 Å². The summed E-state index contributed by atoms with van der Waals surface area (Å²) in [7, 11) is 0. The number of nitrogens with one attached hydrogen (secondary N) is 1. The van der Waals surface area contributed by atoms with Crippen molar-refractivity contribution in [2.75, 3.05) is 13.2 Å². The molecule has 0 aliphatic carbocycles. The van der Waals surface area contributed by atoms with Gasteiger partial charge in [-0.1, -0.05) is 11.6 Å². The number of fused-ring (bicyclic) bond motifs is 2. The second kappa shape index (κ2) is 7.43. The minimum atomic E-state index is -0.427. The molecule has 4 rings (SSSR count). The molecule has 2 aromatic rings. The van der Waals surface area contributed by atoms with Gasteiger partial charge in [0.2, 0.25) is 0 Å². The number of rotatable bonds is 0. The zero-order valence-electron chi connectivity index (χ0n) is 13.7. The van der Waals surface area contributed by atoms with Gasteiger partial charge >= 0.3 is 0 Å². The summed E-state index contributed by atoms with van der Waals surface area (Å²) in [6.07, 6.45) is 3.34. The fraction of sp³-hybridized carbons (Fsp3) is 0.533. The highest BCUT2D eigenvalue weighted by molar-refractivity contribution is 6.33. The van der Waals surface area contributed by atoms with Crippen LogP contribution in [0, 0.1) is 0 Å². The molecule has 2 aliphatic heterocycles. The van der Waals surface area contributed by atoms with Crippen molar-refractivity contribution >= 4 is 29.1 Å². The average Bonchev–Trinajstić information content (AvgIpc) is 3.13. The molecule has 0 amide bonds. The first-order valence-electron chi connectivity index (χ1n) is 7.28. The summed E-state index contributed by atoms with van der Waals surface area (Å²) in [6.45, 7) is 6.99. The molecule has 132 valence electrons. The average molecular weight is 358 g/mol. The quantitative estimate of drug-likeness (QED) is 0.550. The minimum absolute atomic E-state index is 0.123. The van der Waals surface area contributed by atoms with E-state index in [9.17, 15) is 0 Å². The molecule has 0 aromatic carbocycles. The van der Waals surface area contributed by atoms with Crippen LogP contribution in [0.25, 0.3) is 11.0 Å². The fourth-order valence-electron chi connectivity index (χ4n) is 2.66. The monoisotopic (exact) mass is 357 g/mol. The van der Waals surface area contributed by atoms with E-state index < -0.39 is 5.79 Å². The van der Waals surface area contributed by atoms with E-state index in [1.54, 1.807) is 6.20 Å². The van der Waals surface area contributed by atoms with Gasteiger partial charge in [0.1, 0.15) is 28.8 Å². The van der Waals surface area contributed by atoms with E-state index in [0.717, 1.165) is 11.0 Å². The first kappa shape index (κ1) is 18.6. The van der Waals surface area contributed by atoms with E-state index in [2.05, 4.69) is 15.0 Å². The Balaban J connectivity index is 0.000000150. The molecule has 2 aromatic heterocycles. The molecule has 2 atom stereocenters. The van der Waals surface area contributed by atoms with Crippen LogP contribution in [0.5, 0.6) is 0 Å². The number of nitrogens with zero attached hydrogens (tertiary/aromatic N) is 2. The van der Waals surface area contributed by atoms with Gasteiger partial charge in [-0.15, -0.1) is 0 Å². The predicted molar refractivity (Wildman–Crippen MR) is 86.9 cm³/mol. The molecule has 0 radical (unpaired) electrons. The highest BCUT2D eigenvalue weighted by Gasteiger charge is 2.53. The van der Waals surface area contributed by atoms with Gasteiger partial charge in [-0.2, -0.15) is 0 Å². The first-order chi connectivity index (χ1) is 11.3. The number of H-pyrrole nitrogens is 1. The molecule has 0 spiro atoms. The number of aromatic amines is 1. The van der Waals surface area contributed by atoms with Gasteiger partial charge in [0.05, 0.1) is 18.6 Å². The Morgan fingerprint density at radius 1 is 1.42 bits per heavy atom. The lowest BCUT2D eigenvalue weighted by Gasteiger charge is -2.22. The predicted octanol–water partition coefficient (Wildman–Crippen LogP) is 2.24. The van der Waals surface area contributed by atoms with Gasteiger partial charge < -0.3 is 24.3 Å². The number of halogens is 1. The van der Waals surface area contributed by atoms with Crippen molar-refractivity contribution in [3.05, 3.63) is 23.7 Å². The lowest BCUT2D eigenvalue weighted by molar-refractivity contribution is -0.179. The molecule has 2 fully saturated rings. The zero-order chi connectivity index (χ0) is 17.8. The molecule has 0 bridgehead atoms. The third-order valence-electron chi connectivity index (χ3n) is 3.55. The molecule has 8 nitrogen and oxygen atoms in total. The molecule has 2 saturated heterocycles. The van der Waals surface area contributed by atoms with Gasteiger partial charge in [-0.3, -0.25) is 4.79 Å². The van der Waals surface area contributed by atoms with Gasteiger partial charge in [0, 0.05) is 6.20 Å². The van der Waals surface area contributed by atoms with Crippen molar-refractivity contribution in [3.8, 4) is 0 Å². The maximum Gasteiger partial charge on any atom is 0.290 e. The Labute approximate surface area is 144 Å². The highest BCUT2D eigenvalue weighted by Crippen LogP contribution is 2.39. The summed E-state index contributed by atoms with van der Waals surface area (Å²) in [5.74, 6) is -0.427. The van der Waals surface area contributed by atoms with E-state index >= 15 is 0 Å². The Morgan fingerprint density at radius 3 is 2.75 bits per heavy atom. The maximum absolute atomic E-state index is 8.36. The van der Waals surface area contributed by atoms with Gasteiger partial charge in [0.25, 0.3) is 6.47 Å². The number of ether oxygens (including phenoxy) is 3. The lowest BCUT2D eigenvalue weighted by Crippen LogP contribution is -2.35. The first-order valence-corrected chi connectivity index (χ1v) is 7.66. The minimum Gasteiger partial charge on any atom is -0.483 e. The lowest BCUT2D eigenvalue weighted by atomic mass is 10.0. The summed E-state index contributed by atoms with van der Waals surface area (Å²) in [5, 5.41) is 8.25. The third-order valence-corrected chi connectivity index (χ3v) is 3.85. The molecular weight excluding hydrogens is 338 g/mol. The normalized spacial score (nSPS) is 26.8. The van der Waals surface area contributed by atoms with Crippen LogP contribution in [0.15, 0.2) is 18.6 Å². The third kappa shape index (κ3) is 4.21. The van der Waals surface area contributed by atoms with Crippen LogP contribution in [0.4, 0.5) is 0 Å². The molecule has 2 aliphatic rings. The van der Waals surface area contributed by atoms with E-state index in [1.807, 2.05) is 26.8 Å². The highest BCUT2D eigenvalue weighted by atomic mass is 35.5. The number of carboxylic acid groups (broad SMARTS) is 1. The van der Waals surface area contributed by atoms with Crippen LogP contribution in [0.1, 0.15) is 20.8 Å². The van der Waals surface area contributed by atoms with Crippen LogP contribution < -0.4 is 0 Å². The summed E-state index contributed by atoms with van der Waals surface area (Å²) in [4.78, 5) is 19.1. The van der Waals surface area contributed by atoms with Crippen molar-refractivity contribution < 1.29 is 24.1 Å². The van der Waals surface area contributed by atoms with Gasteiger partial charge in [-0.05, 0) is 26.8 Å². The maximum atomic E-state index is 8.36. The smallest absolute Gasteiger partial charge is 0.290 e. The Kier molecular flexibility index (Phi) is 5.76. The fourth-order valence-corrected chi connectivity index (χ4v) is 2.86. The van der Waals surface area contributed by atoms with Crippen molar-refractivity contribution in [3.63, 3.8) is 0 Å². The Hall–Kier alpha value is -1.74. The van der Waals surface area contributed by atoms with Crippen LogP contribution in [0.3, 0.4) is 0 Å². The largest absolute Gasteiger partial charge is 0.483 e. The molecule has 1 unspecified atom stereocenters. The topological polar surface area (TPSA) is 107 Å². The second-order valence-corrected chi connectivity index (χ2v) is 6.30. The molecule has 2 N–H and O–H groups in total. The van der Waals surface area contributed by atoms with Crippen LogP contribution in [-0.2, 0) is 19.0 Å². The molecule has 4 heterocycles. The van der Waals surface area contributed by atoms with Crippen molar-refractivity contribution in [1.82, 2.24) is 15.0 Å². The van der Waals surface area contributed by atoms with Crippen molar-refractivity contribution in [1.29, 1.82) is 0 Å². The zero-order valence-corrected chi connectivity index (χ0v) is 14.4. The van der Waals surface area contributed by atoms with E-state index in [0.29, 0.717) is 18.4 Å². The Bertz CT molecular complexity index is 693. The number of hydrogen-bond acceptors (Lipinski definition) is 6.